The van der Waals surface area contributed by atoms with Crippen molar-refractivity contribution in [3.05, 3.63) is 88.5 Å². The summed E-state index contributed by atoms with van der Waals surface area (Å²) in [4.78, 5) is 74.3. The summed E-state index contributed by atoms with van der Waals surface area (Å²) in [6.45, 7) is 4.82. The zero-order valence-electron chi connectivity index (χ0n) is 29.6. The van der Waals surface area contributed by atoms with Crippen molar-refractivity contribution in [2.75, 3.05) is 24.6 Å². The number of hydrogen-bond acceptors (Lipinski definition) is 14. The number of fused-ring (bicyclic) bond motifs is 2. The smallest absolute Gasteiger partial charge is 0.350 e. The summed E-state index contributed by atoms with van der Waals surface area (Å²) in [7, 11) is 0. The molecule has 1 fully saturated rings. The van der Waals surface area contributed by atoms with E-state index in [2.05, 4.69) is 49.3 Å². The van der Waals surface area contributed by atoms with E-state index in [-0.39, 0.29) is 41.7 Å². The maximum Gasteiger partial charge on any atom is 0.350 e. The number of oxime groups is 1. The number of rotatable bonds is 13. The van der Waals surface area contributed by atoms with E-state index in [4.69, 9.17) is 20.5 Å². The number of β-lactam (4-membered cyclic amide) rings is 1. The number of carboxylic acid groups (broad SMARTS) is 3. The summed E-state index contributed by atoms with van der Waals surface area (Å²) in [6.07, 6.45) is 5.50. The number of thiazole rings is 1. The highest BCUT2D eigenvalue weighted by atomic mass is 32.2. The highest BCUT2D eigenvalue weighted by molar-refractivity contribution is 8.00. The van der Waals surface area contributed by atoms with Crippen LogP contribution in [0.4, 0.5) is 5.13 Å². The molecule has 286 valence electrons. The molecule has 0 aliphatic carbocycles. The number of nitrogen functional groups attached to an aromatic ring is 1. The Labute approximate surface area is 321 Å². The third-order valence-corrected chi connectivity index (χ3v) is 11.1. The fraction of sp³-hybridized carbons (Fsp3) is 0.306. The zero-order valence-corrected chi connectivity index (χ0v) is 31.2. The molecule has 1 amide bonds. The number of Topliss-reactive ketones (excluding diaryl/α,β-unsaturated/α-hetero) is 1. The number of amides is 1. The van der Waals surface area contributed by atoms with E-state index in [1.807, 2.05) is 35.3 Å². The van der Waals surface area contributed by atoms with Gasteiger partial charge in [-0.25, -0.2) is 14.3 Å². The molecule has 0 saturated carbocycles. The Balaban J connectivity index is 0.00000166. The molecule has 17 nitrogen and oxygen atoms in total. The minimum absolute atomic E-state index is 0.0809. The molecule has 2 atom stereocenters. The largest absolute Gasteiger partial charge is 0.543 e. The molecule has 7 rings (SSSR count). The van der Waals surface area contributed by atoms with Crippen LogP contribution in [0.2, 0.25) is 0 Å². The van der Waals surface area contributed by atoms with Crippen LogP contribution in [0.1, 0.15) is 37.1 Å². The maximum atomic E-state index is 13.5. The van der Waals surface area contributed by atoms with Crippen molar-refractivity contribution in [3.8, 4) is 0 Å². The van der Waals surface area contributed by atoms with Crippen LogP contribution < -0.4 is 20.7 Å². The Hall–Kier alpha value is -6.08. The number of nitrogens with two attached hydrogens (primary N) is 1. The predicted molar refractivity (Wildman–Crippen MR) is 200 cm³/mol. The van der Waals surface area contributed by atoms with Crippen molar-refractivity contribution < 1.29 is 48.7 Å². The van der Waals surface area contributed by atoms with Gasteiger partial charge in [0.15, 0.2) is 35.6 Å². The minimum Gasteiger partial charge on any atom is -0.543 e. The highest BCUT2D eigenvalue weighted by Gasteiger charge is 2.53. The second-order valence-corrected chi connectivity index (χ2v) is 15.2. The van der Waals surface area contributed by atoms with Crippen LogP contribution in [-0.2, 0) is 41.9 Å². The van der Waals surface area contributed by atoms with Gasteiger partial charge in [-0.15, -0.1) is 23.1 Å². The Kier molecular flexibility index (Phi) is 11.3. The molecule has 5 N–H and O–H groups in total. The number of aliphatic imine (C=N–C) groups is 1. The monoisotopic (exact) mass is 788 g/mol. The molecule has 3 aliphatic heterocycles. The van der Waals surface area contributed by atoms with Gasteiger partial charge in [0.25, 0.3) is 6.47 Å². The summed E-state index contributed by atoms with van der Waals surface area (Å²) >= 11 is 2.41. The molecule has 0 unspecified atom stereocenters. The van der Waals surface area contributed by atoms with E-state index >= 15 is 0 Å². The SMILES string of the molecule is CC(C)(O/N=C(\C(=O)C[C@@H]1C(=O)N2C(C(=O)[O-])=C(C[n+]3ccc4c(ccn4Cc4ccc(C5=NCCN5)cc4)c3)CS[C@H]12)c1csc(N)n1)C(=O)O.O=CO. The van der Waals surface area contributed by atoms with Gasteiger partial charge in [0, 0.05) is 54.0 Å². The van der Waals surface area contributed by atoms with Crippen LogP contribution in [0.5, 0.6) is 0 Å². The van der Waals surface area contributed by atoms with Gasteiger partial charge < -0.3 is 40.6 Å². The maximum absolute atomic E-state index is 13.5. The molecule has 3 aromatic heterocycles. The number of amidine groups is 1. The molecule has 3 aliphatic rings. The van der Waals surface area contributed by atoms with E-state index in [9.17, 15) is 29.4 Å². The molecule has 4 aromatic rings. The Morgan fingerprint density at radius 1 is 1.22 bits per heavy atom. The van der Waals surface area contributed by atoms with Crippen LogP contribution in [0.25, 0.3) is 10.9 Å². The standard InChI is InChI=1S/C35H34N8O7S2.CH2O2/c1-35(2,33(48)49)50-40-27(24-18-52-34(36)39-24)26(44)13-23-30(45)43-28(32(46)47)22(17-51-31(23)43)16-41-11-8-25-21(15-41)7-12-42(25)14-19-3-5-20(6-4-19)29-37-9-10-38-29;2-1-3/h3-8,11-12,15,18,23,31H,9-10,13-14,16-17H2,1-2H3,(H4-,36,37,38,39,46,47,48,49);1H,(H,2,3)/b40-27-;/t23-,31-;/m1./s1. The first-order chi connectivity index (χ1) is 26.3. The number of anilines is 1. The lowest BCUT2D eigenvalue weighted by molar-refractivity contribution is -0.687. The van der Waals surface area contributed by atoms with E-state index in [0.717, 1.165) is 52.3 Å². The second-order valence-electron chi connectivity index (χ2n) is 13.2. The molecular weight excluding hydrogens is 753 g/mol. The zero-order chi connectivity index (χ0) is 39.4. The summed E-state index contributed by atoms with van der Waals surface area (Å²) < 4.78 is 4.02. The fourth-order valence-electron chi connectivity index (χ4n) is 6.26. The molecule has 19 heteroatoms. The topological polar surface area (TPSA) is 246 Å². The van der Waals surface area contributed by atoms with Crippen molar-refractivity contribution in [2.24, 2.45) is 16.1 Å². The van der Waals surface area contributed by atoms with Gasteiger partial charge in [0.05, 0.1) is 40.4 Å². The highest BCUT2D eigenvalue weighted by Crippen LogP contribution is 2.45. The first-order valence-electron chi connectivity index (χ1n) is 16.9. The van der Waals surface area contributed by atoms with Gasteiger partial charge in [0.1, 0.15) is 11.5 Å². The van der Waals surface area contributed by atoms with Gasteiger partial charge in [-0.3, -0.25) is 24.3 Å². The number of carbonyl (C=O) groups is 5. The number of aliphatic carboxylic acids is 2. The van der Waals surface area contributed by atoms with Crippen LogP contribution >= 0.6 is 23.1 Å². The molecule has 6 heterocycles. The minimum atomic E-state index is -1.75. The first kappa shape index (κ1) is 38.6. The van der Waals surface area contributed by atoms with Crippen molar-refractivity contribution in [3.63, 3.8) is 0 Å². The van der Waals surface area contributed by atoms with Crippen molar-refractivity contribution in [2.45, 2.75) is 44.3 Å². The molecule has 0 bridgehead atoms. The van der Waals surface area contributed by atoms with E-state index in [1.165, 1.54) is 35.9 Å². The molecule has 0 spiro atoms. The Bertz CT molecular complexity index is 2260. The number of benzene rings is 1. The van der Waals surface area contributed by atoms with Crippen LogP contribution in [0.3, 0.4) is 0 Å². The van der Waals surface area contributed by atoms with Crippen molar-refractivity contribution in [1.82, 2.24) is 19.8 Å². The summed E-state index contributed by atoms with van der Waals surface area (Å²) in [5, 5.41) is 37.9. The van der Waals surface area contributed by atoms with Crippen LogP contribution in [-0.4, -0.2) is 96.1 Å². The van der Waals surface area contributed by atoms with Gasteiger partial charge in [-0.2, -0.15) is 0 Å². The number of carbonyl (C=O) groups excluding carboxylic acids is 3. The lowest BCUT2D eigenvalue weighted by atomic mass is 9.89. The Morgan fingerprint density at radius 3 is 2.60 bits per heavy atom. The Morgan fingerprint density at radius 2 is 1.96 bits per heavy atom. The molecule has 1 aromatic carbocycles. The average molecular weight is 789 g/mol. The third kappa shape index (κ3) is 8.21. The second kappa shape index (κ2) is 16.1. The van der Waals surface area contributed by atoms with Crippen molar-refractivity contribution >= 4 is 80.8 Å². The lowest BCUT2D eigenvalue weighted by Gasteiger charge is -2.50. The number of hydrogen-bond donors (Lipinski definition) is 4. The van der Waals surface area contributed by atoms with E-state index < -0.39 is 40.5 Å². The van der Waals surface area contributed by atoms with E-state index in [1.54, 1.807) is 0 Å². The fourth-order valence-corrected chi connectivity index (χ4v) is 8.21. The number of carboxylic acids is 2. The van der Waals surface area contributed by atoms with Gasteiger partial charge in [0.2, 0.25) is 11.5 Å². The number of aromatic nitrogens is 3. The number of nitrogens with zero attached hydrogens (tertiary/aromatic N) is 6. The van der Waals surface area contributed by atoms with Gasteiger partial charge >= 0.3 is 5.97 Å². The average Bonchev–Trinajstić information content (AvgIpc) is 3.93. The van der Waals surface area contributed by atoms with Crippen LogP contribution in [0.15, 0.2) is 81.8 Å². The number of ketones is 1. The molecule has 1 saturated heterocycles. The normalized spacial score (nSPS) is 18.1. The number of nitrogens with one attached hydrogen (secondary N) is 1. The molecule has 0 radical (unpaired) electrons. The third-order valence-electron chi connectivity index (χ3n) is 9.06. The summed E-state index contributed by atoms with van der Waals surface area (Å²) in [6, 6.07) is 12.3. The quantitative estimate of drug-likeness (QED) is 0.0483. The lowest BCUT2D eigenvalue weighted by Crippen LogP contribution is -2.63. The predicted octanol–water partition coefficient (Wildman–Crippen LogP) is 0.845. The van der Waals surface area contributed by atoms with Gasteiger partial charge in [-0.1, -0.05) is 29.4 Å². The number of pyridine rings is 1. The van der Waals surface area contributed by atoms with Gasteiger partial charge in [-0.05, 0) is 25.5 Å². The first-order valence-corrected chi connectivity index (χ1v) is 18.8. The van der Waals surface area contributed by atoms with Crippen LogP contribution in [0, 0.1) is 5.92 Å². The van der Waals surface area contributed by atoms with Crippen molar-refractivity contribution in [1.29, 1.82) is 0 Å². The summed E-state index contributed by atoms with van der Waals surface area (Å²) in [5.74, 6) is -3.57. The number of thioether (sulfide) groups is 1. The summed E-state index contributed by atoms with van der Waals surface area (Å²) in [5.41, 5.74) is 7.33. The molecular formula is C36H36N8O9S2. The van der Waals surface area contributed by atoms with E-state index in [0.29, 0.717) is 17.9 Å². The molecule has 55 heavy (non-hydrogen) atoms.